The molecule has 0 aromatic carbocycles. The van der Waals surface area contributed by atoms with Crippen LogP contribution in [0.5, 0.6) is 0 Å². The minimum Gasteiger partial charge on any atom is -0.366 e. The Balaban J connectivity index is 2.41. The number of aromatic amines is 1. The van der Waals surface area contributed by atoms with Crippen LogP contribution in [0.2, 0.25) is 0 Å². The molecule has 0 aliphatic carbocycles. The first-order valence-corrected chi connectivity index (χ1v) is 4.41. The summed E-state index contributed by atoms with van der Waals surface area (Å²) in [5, 5.41) is 1.45. The van der Waals surface area contributed by atoms with E-state index in [9.17, 15) is 4.79 Å². The van der Waals surface area contributed by atoms with Crippen LogP contribution in [0.4, 0.5) is 5.69 Å². The molecule has 1 aliphatic heterocycles. The van der Waals surface area contributed by atoms with Gasteiger partial charge >= 0.3 is 0 Å². The largest absolute Gasteiger partial charge is 0.366 e. The average molecular weight is 193 g/mol. The van der Waals surface area contributed by atoms with Gasteiger partial charge in [0.05, 0.1) is 6.20 Å². The molecule has 0 spiro atoms. The van der Waals surface area contributed by atoms with Gasteiger partial charge in [0.25, 0.3) is 5.56 Å². The van der Waals surface area contributed by atoms with E-state index in [4.69, 9.17) is 4.84 Å². The van der Waals surface area contributed by atoms with Gasteiger partial charge in [0, 0.05) is 11.8 Å². The minimum atomic E-state index is -0.0812. The van der Waals surface area contributed by atoms with E-state index >= 15 is 0 Å². The number of pyridine rings is 1. The molecule has 0 saturated carbocycles. The molecule has 74 valence electrons. The number of rotatable bonds is 2. The molecule has 2 rings (SSSR count). The molecule has 5 heteroatoms. The highest BCUT2D eigenvalue weighted by molar-refractivity contribution is 5.50. The van der Waals surface area contributed by atoms with Crippen molar-refractivity contribution in [1.82, 2.24) is 10.4 Å². The molecule has 0 radical (unpaired) electrons. The molecule has 1 aliphatic rings. The van der Waals surface area contributed by atoms with Gasteiger partial charge in [-0.1, -0.05) is 6.92 Å². The number of anilines is 1. The van der Waals surface area contributed by atoms with Crippen molar-refractivity contribution >= 4 is 5.69 Å². The van der Waals surface area contributed by atoms with Crippen molar-refractivity contribution in [2.45, 2.75) is 13.3 Å². The SMILES string of the molecule is CCc1c(N2NC=CO2)cc[nH]c1=O. The highest BCUT2D eigenvalue weighted by Crippen LogP contribution is 2.17. The second-order valence-corrected chi connectivity index (χ2v) is 2.86. The van der Waals surface area contributed by atoms with Crippen LogP contribution in [0.15, 0.2) is 29.5 Å². The molecule has 14 heavy (non-hydrogen) atoms. The Hall–Kier alpha value is -1.91. The van der Waals surface area contributed by atoms with E-state index in [1.54, 1.807) is 18.5 Å². The van der Waals surface area contributed by atoms with Crippen LogP contribution in [-0.2, 0) is 11.3 Å². The van der Waals surface area contributed by atoms with Crippen LogP contribution in [0.1, 0.15) is 12.5 Å². The van der Waals surface area contributed by atoms with Crippen LogP contribution in [0.3, 0.4) is 0 Å². The zero-order valence-corrected chi connectivity index (χ0v) is 7.78. The van der Waals surface area contributed by atoms with E-state index in [2.05, 4.69) is 10.4 Å². The Labute approximate surface area is 80.9 Å². The maximum atomic E-state index is 11.4. The number of hydrazine groups is 1. The fourth-order valence-corrected chi connectivity index (χ4v) is 1.38. The smallest absolute Gasteiger partial charge is 0.253 e. The van der Waals surface area contributed by atoms with Gasteiger partial charge in [0.1, 0.15) is 11.9 Å². The third-order valence-electron chi connectivity index (χ3n) is 2.04. The minimum absolute atomic E-state index is 0.0812. The van der Waals surface area contributed by atoms with Crippen molar-refractivity contribution in [3.63, 3.8) is 0 Å². The number of nitrogens with one attached hydrogen (secondary N) is 2. The summed E-state index contributed by atoms with van der Waals surface area (Å²) in [5.41, 5.74) is 4.21. The molecule has 0 bridgehead atoms. The molecule has 0 fully saturated rings. The van der Waals surface area contributed by atoms with Gasteiger partial charge in [0.15, 0.2) is 0 Å². The van der Waals surface area contributed by atoms with Crippen molar-refractivity contribution in [3.05, 3.63) is 40.6 Å². The maximum Gasteiger partial charge on any atom is 0.253 e. The Kier molecular flexibility index (Phi) is 2.14. The fraction of sp³-hybridized carbons (Fsp3) is 0.222. The average Bonchev–Trinajstić information content (AvgIpc) is 2.70. The first-order chi connectivity index (χ1) is 6.83. The van der Waals surface area contributed by atoms with Crippen LogP contribution in [-0.4, -0.2) is 4.98 Å². The first kappa shape index (κ1) is 8.68. The number of hydrogen-bond donors (Lipinski definition) is 2. The summed E-state index contributed by atoms with van der Waals surface area (Å²) in [6.07, 6.45) is 5.43. The normalized spacial score (nSPS) is 13.9. The molecule has 0 unspecified atom stereocenters. The monoisotopic (exact) mass is 193 g/mol. The van der Waals surface area contributed by atoms with E-state index in [-0.39, 0.29) is 5.56 Å². The summed E-state index contributed by atoms with van der Waals surface area (Å²) in [6.45, 7) is 1.93. The molecule has 5 nitrogen and oxygen atoms in total. The highest BCUT2D eigenvalue weighted by atomic mass is 16.7. The molecule has 2 heterocycles. The first-order valence-electron chi connectivity index (χ1n) is 4.41. The Morgan fingerprint density at radius 2 is 2.43 bits per heavy atom. The lowest BCUT2D eigenvalue weighted by Crippen LogP contribution is -2.31. The van der Waals surface area contributed by atoms with Crippen LogP contribution >= 0.6 is 0 Å². The van der Waals surface area contributed by atoms with Gasteiger partial charge in [-0.2, -0.15) is 0 Å². The topological polar surface area (TPSA) is 57.4 Å². The molecule has 0 atom stereocenters. The quantitative estimate of drug-likeness (QED) is 0.724. The van der Waals surface area contributed by atoms with Crippen molar-refractivity contribution in [1.29, 1.82) is 0 Å². The molecule has 0 amide bonds. The van der Waals surface area contributed by atoms with Crippen LogP contribution in [0.25, 0.3) is 0 Å². The standard InChI is InChI=1S/C9H11N3O2/c1-2-7-8(3-4-10-9(7)13)12-11-5-6-14-12/h3-6,11H,2H2,1H3,(H,10,13). The lowest BCUT2D eigenvalue weighted by Gasteiger charge is -2.18. The predicted molar refractivity (Wildman–Crippen MR) is 52.3 cm³/mol. The summed E-state index contributed by atoms with van der Waals surface area (Å²) in [6, 6.07) is 1.79. The summed E-state index contributed by atoms with van der Waals surface area (Å²) in [5.74, 6) is 0. The van der Waals surface area contributed by atoms with Gasteiger partial charge in [-0.25, -0.2) is 0 Å². The Bertz CT molecular complexity index is 403. The van der Waals surface area contributed by atoms with Crippen molar-refractivity contribution in [3.8, 4) is 0 Å². The third kappa shape index (κ3) is 1.32. The van der Waals surface area contributed by atoms with E-state index < -0.39 is 0 Å². The molecule has 1 aromatic heterocycles. The zero-order valence-electron chi connectivity index (χ0n) is 7.78. The Morgan fingerprint density at radius 1 is 1.57 bits per heavy atom. The zero-order chi connectivity index (χ0) is 9.97. The Morgan fingerprint density at radius 3 is 3.07 bits per heavy atom. The van der Waals surface area contributed by atoms with E-state index in [0.717, 1.165) is 5.69 Å². The fourth-order valence-electron chi connectivity index (χ4n) is 1.38. The third-order valence-corrected chi connectivity index (χ3v) is 2.04. The summed E-state index contributed by atoms with van der Waals surface area (Å²) in [4.78, 5) is 19.2. The summed E-state index contributed by atoms with van der Waals surface area (Å²) >= 11 is 0. The lowest BCUT2D eigenvalue weighted by molar-refractivity contribution is 0.221. The number of H-pyrrole nitrogens is 1. The second kappa shape index (κ2) is 3.45. The van der Waals surface area contributed by atoms with Crippen LogP contribution < -0.4 is 16.2 Å². The van der Waals surface area contributed by atoms with Gasteiger partial charge < -0.3 is 9.82 Å². The van der Waals surface area contributed by atoms with Gasteiger partial charge in [-0.05, 0) is 12.5 Å². The van der Waals surface area contributed by atoms with Crippen LogP contribution in [0, 0.1) is 0 Å². The van der Waals surface area contributed by atoms with Gasteiger partial charge in [0.2, 0.25) is 0 Å². The molecular weight excluding hydrogens is 182 g/mol. The lowest BCUT2D eigenvalue weighted by atomic mass is 10.2. The van der Waals surface area contributed by atoms with E-state index in [0.29, 0.717) is 12.0 Å². The van der Waals surface area contributed by atoms with Crippen molar-refractivity contribution in [2.24, 2.45) is 0 Å². The molecule has 2 N–H and O–H groups in total. The number of hydrogen-bond acceptors (Lipinski definition) is 4. The molecular formula is C9H11N3O2. The summed E-state index contributed by atoms with van der Waals surface area (Å²) in [7, 11) is 0. The van der Waals surface area contributed by atoms with E-state index in [1.807, 2.05) is 6.92 Å². The van der Waals surface area contributed by atoms with Crippen molar-refractivity contribution in [2.75, 3.05) is 5.17 Å². The van der Waals surface area contributed by atoms with Crippen molar-refractivity contribution < 1.29 is 4.84 Å². The number of aromatic nitrogens is 1. The van der Waals surface area contributed by atoms with Gasteiger partial charge in [-0.15, -0.1) is 5.17 Å². The highest BCUT2D eigenvalue weighted by Gasteiger charge is 2.14. The second-order valence-electron chi connectivity index (χ2n) is 2.86. The summed E-state index contributed by atoms with van der Waals surface area (Å²) < 4.78 is 0. The number of nitrogens with zero attached hydrogens (tertiary/aromatic N) is 1. The maximum absolute atomic E-state index is 11.4. The van der Waals surface area contributed by atoms with Gasteiger partial charge in [-0.3, -0.25) is 10.2 Å². The predicted octanol–water partition coefficient (Wildman–Crippen LogP) is 0.665. The van der Waals surface area contributed by atoms with E-state index in [1.165, 1.54) is 11.4 Å². The molecule has 0 saturated heterocycles. The molecule has 1 aromatic rings.